The van der Waals surface area contributed by atoms with E-state index in [0.29, 0.717) is 17.9 Å². The molecule has 0 amide bonds. The average molecular weight is 222 g/mol. The highest BCUT2D eigenvalue weighted by Gasteiger charge is 2.25. The van der Waals surface area contributed by atoms with Gasteiger partial charge in [-0.1, -0.05) is 13.8 Å². The SMILES string of the molecule is CC1CC(C)CC(n2cc(C(=O)O)cn2)C1. The Morgan fingerprint density at radius 1 is 1.38 bits per heavy atom. The fourth-order valence-electron chi connectivity index (χ4n) is 2.77. The lowest BCUT2D eigenvalue weighted by Crippen LogP contribution is -2.22. The summed E-state index contributed by atoms with van der Waals surface area (Å²) in [6, 6.07) is 0.367. The molecule has 1 N–H and O–H groups in total. The Morgan fingerprint density at radius 2 is 2.00 bits per heavy atom. The van der Waals surface area contributed by atoms with Gasteiger partial charge in [-0.2, -0.15) is 5.10 Å². The lowest BCUT2D eigenvalue weighted by molar-refractivity contribution is 0.0696. The van der Waals surface area contributed by atoms with Crippen molar-refractivity contribution in [1.29, 1.82) is 0 Å². The lowest BCUT2D eigenvalue weighted by atomic mass is 9.80. The fraction of sp³-hybridized carbons (Fsp3) is 0.667. The van der Waals surface area contributed by atoms with Crippen molar-refractivity contribution in [3.63, 3.8) is 0 Å². The summed E-state index contributed by atoms with van der Waals surface area (Å²) < 4.78 is 1.83. The van der Waals surface area contributed by atoms with E-state index in [9.17, 15) is 4.79 Å². The summed E-state index contributed by atoms with van der Waals surface area (Å²) in [7, 11) is 0. The van der Waals surface area contributed by atoms with Crippen LogP contribution in [0.2, 0.25) is 0 Å². The van der Waals surface area contributed by atoms with Gasteiger partial charge in [-0.05, 0) is 31.1 Å². The molecule has 1 saturated carbocycles. The molecule has 4 nitrogen and oxygen atoms in total. The first-order valence-electron chi connectivity index (χ1n) is 5.83. The number of carboxylic acids is 1. The number of carboxylic acid groups (broad SMARTS) is 1. The van der Waals surface area contributed by atoms with Gasteiger partial charge in [-0.25, -0.2) is 4.79 Å². The lowest BCUT2D eigenvalue weighted by Gasteiger charge is -2.31. The molecule has 0 radical (unpaired) electrons. The van der Waals surface area contributed by atoms with Gasteiger partial charge in [-0.15, -0.1) is 0 Å². The molecule has 1 aliphatic carbocycles. The van der Waals surface area contributed by atoms with E-state index in [-0.39, 0.29) is 5.56 Å². The second-order valence-corrected chi connectivity index (χ2v) is 5.09. The van der Waals surface area contributed by atoms with Gasteiger partial charge in [0.15, 0.2) is 0 Å². The van der Waals surface area contributed by atoms with Crippen LogP contribution in [0.25, 0.3) is 0 Å². The zero-order valence-electron chi connectivity index (χ0n) is 9.76. The van der Waals surface area contributed by atoms with Gasteiger partial charge in [0, 0.05) is 6.20 Å². The smallest absolute Gasteiger partial charge is 0.338 e. The number of aromatic nitrogens is 2. The molecule has 1 aromatic heterocycles. The van der Waals surface area contributed by atoms with Crippen LogP contribution in [0, 0.1) is 11.8 Å². The molecule has 2 atom stereocenters. The van der Waals surface area contributed by atoms with E-state index >= 15 is 0 Å². The first-order chi connectivity index (χ1) is 7.56. The second-order valence-electron chi connectivity index (χ2n) is 5.09. The molecule has 0 aromatic carbocycles. The van der Waals surface area contributed by atoms with E-state index in [4.69, 9.17) is 5.11 Å². The van der Waals surface area contributed by atoms with Crippen LogP contribution in [0.5, 0.6) is 0 Å². The van der Waals surface area contributed by atoms with Gasteiger partial charge < -0.3 is 5.11 Å². The Hall–Kier alpha value is -1.32. The van der Waals surface area contributed by atoms with E-state index in [1.165, 1.54) is 12.6 Å². The molecule has 16 heavy (non-hydrogen) atoms. The van der Waals surface area contributed by atoms with Crippen molar-refractivity contribution in [2.24, 2.45) is 11.8 Å². The summed E-state index contributed by atoms with van der Waals surface area (Å²) in [5, 5.41) is 13.0. The van der Waals surface area contributed by atoms with Crippen LogP contribution in [0.4, 0.5) is 0 Å². The molecular formula is C12H18N2O2. The number of hydrogen-bond donors (Lipinski definition) is 1. The van der Waals surface area contributed by atoms with Gasteiger partial charge in [-0.3, -0.25) is 4.68 Å². The predicted octanol–water partition coefficient (Wildman–Crippen LogP) is 2.58. The van der Waals surface area contributed by atoms with Crippen LogP contribution >= 0.6 is 0 Å². The Balaban J connectivity index is 2.13. The molecule has 1 fully saturated rings. The van der Waals surface area contributed by atoms with Crippen LogP contribution in [-0.4, -0.2) is 20.9 Å². The minimum atomic E-state index is -0.900. The number of hydrogen-bond acceptors (Lipinski definition) is 2. The van der Waals surface area contributed by atoms with Crippen LogP contribution in [0.1, 0.15) is 49.5 Å². The first-order valence-corrected chi connectivity index (χ1v) is 5.83. The Bertz CT molecular complexity index is 376. The minimum absolute atomic E-state index is 0.283. The zero-order valence-corrected chi connectivity index (χ0v) is 9.76. The third kappa shape index (κ3) is 2.26. The van der Waals surface area contributed by atoms with Crippen LogP contribution < -0.4 is 0 Å². The summed E-state index contributed by atoms with van der Waals surface area (Å²) in [5.74, 6) is 0.501. The highest BCUT2D eigenvalue weighted by molar-refractivity contribution is 5.86. The van der Waals surface area contributed by atoms with Crippen molar-refractivity contribution in [2.45, 2.75) is 39.2 Å². The number of aromatic carboxylic acids is 1. The summed E-state index contributed by atoms with van der Waals surface area (Å²) >= 11 is 0. The van der Waals surface area contributed by atoms with E-state index in [2.05, 4.69) is 18.9 Å². The standard InChI is InChI=1S/C12H18N2O2/c1-8-3-9(2)5-11(4-8)14-7-10(6-13-14)12(15)16/h6-9,11H,3-5H2,1-2H3,(H,15,16). The number of nitrogens with zero attached hydrogens (tertiary/aromatic N) is 2. The van der Waals surface area contributed by atoms with Crippen molar-refractivity contribution in [1.82, 2.24) is 9.78 Å². The van der Waals surface area contributed by atoms with Crippen LogP contribution in [0.3, 0.4) is 0 Å². The molecular weight excluding hydrogens is 204 g/mol. The highest BCUT2D eigenvalue weighted by atomic mass is 16.4. The van der Waals surface area contributed by atoms with Gasteiger partial charge in [0.25, 0.3) is 0 Å². The van der Waals surface area contributed by atoms with Crippen LogP contribution in [0.15, 0.2) is 12.4 Å². The normalized spacial score (nSPS) is 30.2. The van der Waals surface area contributed by atoms with Gasteiger partial charge >= 0.3 is 5.97 Å². The molecule has 0 aliphatic heterocycles. The molecule has 1 heterocycles. The van der Waals surface area contributed by atoms with Crippen molar-refractivity contribution in [2.75, 3.05) is 0 Å². The Morgan fingerprint density at radius 3 is 2.50 bits per heavy atom. The third-order valence-electron chi connectivity index (χ3n) is 3.38. The van der Waals surface area contributed by atoms with Crippen molar-refractivity contribution >= 4 is 5.97 Å². The molecule has 0 saturated heterocycles. The van der Waals surface area contributed by atoms with Crippen molar-refractivity contribution in [3.05, 3.63) is 18.0 Å². The maximum absolute atomic E-state index is 10.8. The number of carbonyl (C=O) groups is 1. The molecule has 4 heteroatoms. The van der Waals surface area contributed by atoms with Crippen molar-refractivity contribution in [3.8, 4) is 0 Å². The van der Waals surface area contributed by atoms with Gasteiger partial charge in [0.05, 0.1) is 17.8 Å². The highest BCUT2D eigenvalue weighted by Crippen LogP contribution is 2.35. The maximum atomic E-state index is 10.8. The van der Waals surface area contributed by atoms with Gasteiger partial charge in [0.2, 0.25) is 0 Å². The second kappa shape index (κ2) is 4.28. The summed E-state index contributed by atoms with van der Waals surface area (Å²) in [6.07, 6.45) is 6.56. The monoisotopic (exact) mass is 222 g/mol. The van der Waals surface area contributed by atoms with Crippen LogP contribution in [-0.2, 0) is 0 Å². The summed E-state index contributed by atoms with van der Waals surface area (Å²) in [5.41, 5.74) is 0.283. The fourth-order valence-corrected chi connectivity index (χ4v) is 2.77. The maximum Gasteiger partial charge on any atom is 0.338 e. The molecule has 1 aliphatic rings. The molecule has 0 bridgehead atoms. The first kappa shape index (κ1) is 11.2. The molecule has 0 spiro atoms. The minimum Gasteiger partial charge on any atom is -0.478 e. The molecule has 2 unspecified atom stereocenters. The zero-order chi connectivity index (χ0) is 11.7. The predicted molar refractivity (Wildman–Crippen MR) is 60.4 cm³/mol. The topological polar surface area (TPSA) is 55.1 Å². The summed E-state index contributed by atoms with van der Waals surface area (Å²) in [6.45, 7) is 4.51. The van der Waals surface area contributed by atoms with E-state index in [1.807, 2.05) is 4.68 Å². The summed E-state index contributed by atoms with van der Waals surface area (Å²) in [4.78, 5) is 10.8. The molecule has 2 rings (SSSR count). The molecule has 88 valence electrons. The van der Waals surface area contributed by atoms with E-state index < -0.39 is 5.97 Å². The third-order valence-corrected chi connectivity index (χ3v) is 3.38. The Kier molecular flexibility index (Phi) is 2.99. The van der Waals surface area contributed by atoms with E-state index in [0.717, 1.165) is 12.8 Å². The quantitative estimate of drug-likeness (QED) is 0.836. The Labute approximate surface area is 95.3 Å². The van der Waals surface area contributed by atoms with Crippen molar-refractivity contribution < 1.29 is 9.90 Å². The number of rotatable bonds is 2. The van der Waals surface area contributed by atoms with Gasteiger partial charge in [0.1, 0.15) is 0 Å². The average Bonchev–Trinajstić information content (AvgIpc) is 2.64. The van der Waals surface area contributed by atoms with E-state index in [1.54, 1.807) is 6.20 Å². The largest absolute Gasteiger partial charge is 0.478 e. The molecule has 1 aromatic rings.